The quantitative estimate of drug-likeness (QED) is 0.608. The Bertz CT molecular complexity index is 328. The maximum Gasteiger partial charge on any atom is 0.146 e. The van der Waals surface area contributed by atoms with E-state index >= 15 is 0 Å². The van der Waals surface area contributed by atoms with Crippen LogP contribution >= 0.6 is 0 Å². The highest BCUT2D eigenvalue weighted by atomic mass is 19.1. The van der Waals surface area contributed by atoms with Gasteiger partial charge < -0.3 is 15.9 Å². The first-order valence-corrected chi connectivity index (χ1v) is 5.15. The minimum absolute atomic E-state index is 0.0114. The van der Waals surface area contributed by atoms with Gasteiger partial charge in [0.25, 0.3) is 0 Å². The number of aliphatic hydroxyl groups is 2. The smallest absolute Gasteiger partial charge is 0.146 e. The lowest BCUT2D eigenvalue weighted by Crippen LogP contribution is -2.29. The fraction of sp³-hybridized carbons (Fsp3) is 0.455. The second-order valence-electron chi connectivity index (χ2n) is 3.58. The molecular weight excluding hydrogens is 211 g/mol. The molecule has 0 aliphatic rings. The highest BCUT2D eigenvalue weighted by Gasteiger charge is 2.06. The standard InChI is InChI=1S/C11H17FN2O2/c12-10-7-9(1-2-11(10)13)8-14(3-5-15)4-6-16/h1-2,7,15-16H,3-6,8,13H2. The molecule has 0 fully saturated rings. The Balaban J connectivity index is 2.65. The molecule has 4 N–H and O–H groups in total. The molecule has 0 atom stereocenters. The second kappa shape index (κ2) is 6.42. The summed E-state index contributed by atoms with van der Waals surface area (Å²) >= 11 is 0. The van der Waals surface area contributed by atoms with E-state index in [1.165, 1.54) is 12.1 Å². The normalized spacial score (nSPS) is 11.0. The van der Waals surface area contributed by atoms with Gasteiger partial charge in [0, 0.05) is 19.6 Å². The Morgan fingerprint density at radius 3 is 2.31 bits per heavy atom. The average Bonchev–Trinajstić information content (AvgIpc) is 2.24. The van der Waals surface area contributed by atoms with E-state index in [1.54, 1.807) is 6.07 Å². The van der Waals surface area contributed by atoms with E-state index in [4.69, 9.17) is 15.9 Å². The topological polar surface area (TPSA) is 69.7 Å². The van der Waals surface area contributed by atoms with Gasteiger partial charge in [-0.15, -0.1) is 0 Å². The molecule has 0 unspecified atom stereocenters. The highest BCUT2D eigenvalue weighted by molar-refractivity contribution is 5.41. The summed E-state index contributed by atoms with van der Waals surface area (Å²) in [6.07, 6.45) is 0. The van der Waals surface area contributed by atoms with E-state index in [-0.39, 0.29) is 18.9 Å². The number of hydrogen-bond acceptors (Lipinski definition) is 4. The Labute approximate surface area is 94.1 Å². The molecular formula is C11H17FN2O2. The summed E-state index contributed by atoms with van der Waals surface area (Å²) in [6, 6.07) is 4.62. The monoisotopic (exact) mass is 228 g/mol. The largest absolute Gasteiger partial charge is 0.396 e. The number of benzene rings is 1. The minimum atomic E-state index is -0.439. The molecule has 1 rings (SSSR count). The van der Waals surface area contributed by atoms with Crippen LogP contribution in [0.5, 0.6) is 0 Å². The van der Waals surface area contributed by atoms with E-state index in [2.05, 4.69) is 0 Å². The molecule has 0 bridgehead atoms. The number of nitrogen functional groups attached to an aromatic ring is 1. The van der Waals surface area contributed by atoms with Crippen molar-refractivity contribution in [3.63, 3.8) is 0 Å². The summed E-state index contributed by atoms with van der Waals surface area (Å²) < 4.78 is 13.2. The van der Waals surface area contributed by atoms with Crippen molar-refractivity contribution in [3.8, 4) is 0 Å². The van der Waals surface area contributed by atoms with Crippen molar-refractivity contribution in [2.45, 2.75) is 6.54 Å². The van der Waals surface area contributed by atoms with Crippen LogP contribution in [-0.4, -0.2) is 41.4 Å². The molecule has 0 heterocycles. The van der Waals surface area contributed by atoms with Crippen LogP contribution in [0.25, 0.3) is 0 Å². The fourth-order valence-electron chi connectivity index (χ4n) is 1.48. The number of aliphatic hydroxyl groups excluding tert-OH is 2. The molecule has 0 amide bonds. The average molecular weight is 228 g/mol. The van der Waals surface area contributed by atoms with Crippen molar-refractivity contribution in [2.24, 2.45) is 0 Å². The maximum atomic E-state index is 13.2. The lowest BCUT2D eigenvalue weighted by Gasteiger charge is -2.20. The second-order valence-corrected chi connectivity index (χ2v) is 3.58. The van der Waals surface area contributed by atoms with Crippen LogP contribution in [0.1, 0.15) is 5.56 Å². The molecule has 0 saturated heterocycles. The van der Waals surface area contributed by atoms with Crippen LogP contribution in [-0.2, 0) is 6.54 Å². The van der Waals surface area contributed by atoms with Crippen molar-refractivity contribution >= 4 is 5.69 Å². The SMILES string of the molecule is Nc1ccc(CN(CCO)CCO)cc1F. The molecule has 0 spiro atoms. The first kappa shape index (κ1) is 12.9. The summed E-state index contributed by atoms with van der Waals surface area (Å²) in [6.45, 7) is 1.41. The molecule has 16 heavy (non-hydrogen) atoms. The van der Waals surface area contributed by atoms with Gasteiger partial charge in [-0.1, -0.05) is 6.07 Å². The fourth-order valence-corrected chi connectivity index (χ4v) is 1.48. The Kier molecular flexibility index (Phi) is 5.18. The van der Waals surface area contributed by atoms with E-state index in [0.29, 0.717) is 19.6 Å². The summed E-state index contributed by atoms with van der Waals surface area (Å²) in [5.74, 6) is -0.439. The van der Waals surface area contributed by atoms with Gasteiger partial charge in [-0.05, 0) is 17.7 Å². The molecule has 0 aliphatic heterocycles. The summed E-state index contributed by atoms with van der Waals surface area (Å²) in [4.78, 5) is 1.84. The molecule has 0 aliphatic carbocycles. The predicted octanol–water partition coefficient (Wildman–Crippen LogP) is 0.195. The van der Waals surface area contributed by atoms with Crippen molar-refractivity contribution in [3.05, 3.63) is 29.6 Å². The van der Waals surface area contributed by atoms with Gasteiger partial charge in [0.05, 0.1) is 18.9 Å². The predicted molar refractivity (Wildman–Crippen MR) is 60.3 cm³/mol. The Morgan fingerprint density at radius 1 is 1.19 bits per heavy atom. The van der Waals surface area contributed by atoms with Crippen LogP contribution in [0, 0.1) is 5.82 Å². The number of anilines is 1. The van der Waals surface area contributed by atoms with Gasteiger partial charge in [-0.3, -0.25) is 4.90 Å². The third-order valence-corrected chi connectivity index (χ3v) is 2.30. The molecule has 4 nitrogen and oxygen atoms in total. The van der Waals surface area contributed by atoms with E-state index < -0.39 is 5.82 Å². The summed E-state index contributed by atoms with van der Waals surface area (Å²) in [5, 5.41) is 17.6. The van der Waals surface area contributed by atoms with Crippen LogP contribution in [0.4, 0.5) is 10.1 Å². The molecule has 0 radical (unpaired) electrons. The lowest BCUT2D eigenvalue weighted by molar-refractivity contribution is 0.156. The first-order chi connectivity index (χ1) is 7.67. The van der Waals surface area contributed by atoms with Crippen LogP contribution < -0.4 is 5.73 Å². The van der Waals surface area contributed by atoms with Crippen LogP contribution in [0.3, 0.4) is 0 Å². The van der Waals surface area contributed by atoms with Gasteiger partial charge in [-0.25, -0.2) is 4.39 Å². The Hall–Kier alpha value is -1.17. The van der Waals surface area contributed by atoms with Crippen molar-refractivity contribution in [2.75, 3.05) is 32.0 Å². The van der Waals surface area contributed by atoms with E-state index in [9.17, 15) is 4.39 Å². The number of rotatable bonds is 6. The van der Waals surface area contributed by atoms with Crippen molar-refractivity contribution in [1.82, 2.24) is 4.90 Å². The molecule has 5 heteroatoms. The van der Waals surface area contributed by atoms with E-state index in [0.717, 1.165) is 5.56 Å². The Morgan fingerprint density at radius 2 is 1.81 bits per heavy atom. The van der Waals surface area contributed by atoms with Crippen molar-refractivity contribution in [1.29, 1.82) is 0 Å². The number of nitrogens with zero attached hydrogens (tertiary/aromatic N) is 1. The molecule has 0 saturated carbocycles. The van der Waals surface area contributed by atoms with Crippen LogP contribution in [0.2, 0.25) is 0 Å². The van der Waals surface area contributed by atoms with Gasteiger partial charge in [0.1, 0.15) is 5.82 Å². The van der Waals surface area contributed by atoms with Gasteiger partial charge in [-0.2, -0.15) is 0 Å². The number of hydrogen-bond donors (Lipinski definition) is 3. The zero-order valence-electron chi connectivity index (χ0n) is 9.06. The maximum absolute atomic E-state index is 13.2. The van der Waals surface area contributed by atoms with Gasteiger partial charge >= 0.3 is 0 Å². The minimum Gasteiger partial charge on any atom is -0.396 e. The highest BCUT2D eigenvalue weighted by Crippen LogP contribution is 2.13. The lowest BCUT2D eigenvalue weighted by atomic mass is 10.2. The molecule has 0 aromatic heterocycles. The molecule has 1 aromatic rings. The van der Waals surface area contributed by atoms with Crippen LogP contribution in [0.15, 0.2) is 18.2 Å². The summed E-state index contributed by atoms with van der Waals surface area (Å²) in [5.41, 5.74) is 6.26. The van der Waals surface area contributed by atoms with Crippen molar-refractivity contribution < 1.29 is 14.6 Å². The third kappa shape index (κ3) is 3.77. The molecule has 90 valence electrons. The van der Waals surface area contributed by atoms with E-state index in [1.807, 2.05) is 4.90 Å². The van der Waals surface area contributed by atoms with Gasteiger partial charge in [0.2, 0.25) is 0 Å². The first-order valence-electron chi connectivity index (χ1n) is 5.15. The third-order valence-electron chi connectivity index (χ3n) is 2.30. The zero-order valence-corrected chi connectivity index (χ0v) is 9.06. The summed E-state index contributed by atoms with van der Waals surface area (Å²) in [7, 11) is 0. The number of nitrogens with two attached hydrogens (primary N) is 1. The zero-order chi connectivity index (χ0) is 12.0. The molecule has 1 aromatic carbocycles. The number of halogens is 1. The van der Waals surface area contributed by atoms with Gasteiger partial charge in [0.15, 0.2) is 0 Å².